The zero-order valence-corrected chi connectivity index (χ0v) is 19.9. The van der Waals surface area contributed by atoms with Crippen molar-refractivity contribution in [3.63, 3.8) is 0 Å². The highest BCUT2D eigenvalue weighted by atomic mass is 32.2. The third-order valence-electron chi connectivity index (χ3n) is 4.59. The topological polar surface area (TPSA) is 93.1 Å². The lowest BCUT2D eigenvalue weighted by atomic mass is 10.1. The molecule has 2 N–H and O–H groups in total. The summed E-state index contributed by atoms with van der Waals surface area (Å²) >= 11 is 0. The van der Waals surface area contributed by atoms with Crippen molar-refractivity contribution in [1.82, 2.24) is 19.8 Å². The van der Waals surface area contributed by atoms with E-state index in [1.165, 1.54) is 0 Å². The van der Waals surface area contributed by atoms with E-state index >= 15 is 0 Å². The predicted octanol–water partition coefficient (Wildman–Crippen LogP) is 3.09. The average Bonchev–Trinajstić information content (AvgIpc) is 2.85. The fourth-order valence-corrected chi connectivity index (χ4v) is 4.96. The highest BCUT2D eigenvalue weighted by Crippen LogP contribution is 2.19. The summed E-state index contributed by atoms with van der Waals surface area (Å²) in [6.07, 6.45) is 0.213. The third kappa shape index (κ3) is 6.40. The number of carbonyl (C=O) groups is 1. The zero-order valence-electron chi connectivity index (χ0n) is 19.0. The van der Waals surface area contributed by atoms with Gasteiger partial charge in [-0.05, 0) is 52.2 Å². The molecule has 1 aromatic carbocycles. The van der Waals surface area contributed by atoms with Gasteiger partial charge in [0.15, 0.2) is 0 Å². The van der Waals surface area contributed by atoms with Crippen LogP contribution < -0.4 is 10.0 Å². The lowest BCUT2D eigenvalue weighted by Gasteiger charge is -2.21. The van der Waals surface area contributed by atoms with Crippen LogP contribution in [0, 0.1) is 19.8 Å². The van der Waals surface area contributed by atoms with Gasteiger partial charge in [0.1, 0.15) is 0 Å². The molecular formula is C22H34N4O3S. The van der Waals surface area contributed by atoms with Gasteiger partial charge in [-0.25, -0.2) is 13.1 Å². The number of nitrogens with zero attached hydrogens (tertiary/aromatic N) is 2. The summed E-state index contributed by atoms with van der Waals surface area (Å²) < 4.78 is 30.1. The maximum absolute atomic E-state index is 12.7. The lowest BCUT2D eigenvalue weighted by molar-refractivity contribution is -0.120. The Morgan fingerprint density at radius 2 is 1.80 bits per heavy atom. The van der Waals surface area contributed by atoms with Crippen LogP contribution in [0.15, 0.2) is 29.2 Å². The summed E-state index contributed by atoms with van der Waals surface area (Å²) in [5, 5.41) is 7.41. The van der Waals surface area contributed by atoms with E-state index in [0.717, 1.165) is 23.5 Å². The zero-order chi connectivity index (χ0) is 22.7. The monoisotopic (exact) mass is 434 g/mol. The summed E-state index contributed by atoms with van der Waals surface area (Å²) in [6.45, 7) is 14.5. The Bertz CT molecular complexity index is 1000. The minimum Gasteiger partial charge on any atom is -0.352 e. The maximum Gasteiger partial charge on any atom is 0.241 e. The fraction of sp³-hybridized carbons (Fsp3) is 0.545. The predicted molar refractivity (Wildman–Crippen MR) is 119 cm³/mol. The summed E-state index contributed by atoms with van der Waals surface area (Å²) in [4.78, 5) is 12.8. The first-order chi connectivity index (χ1) is 13.8. The number of carbonyl (C=O) groups excluding carboxylic acids is 1. The number of benzene rings is 1. The van der Waals surface area contributed by atoms with E-state index < -0.39 is 15.6 Å². The first-order valence-electron chi connectivity index (χ1n) is 10.2. The molecule has 0 atom stereocenters. The van der Waals surface area contributed by atoms with Crippen LogP contribution in [-0.2, 0) is 34.3 Å². The van der Waals surface area contributed by atoms with Gasteiger partial charge in [0.05, 0.1) is 17.0 Å². The smallest absolute Gasteiger partial charge is 0.241 e. The standard InChI is InChI=1S/C22H34N4O3S/c1-15(2)14-26-17(4)19(16(3)24-26)12-21(27)23-13-18-10-8-9-11-20(18)30(28,29)25-22(5,6)7/h8-11,15,25H,12-14H2,1-7H3,(H,23,27). The molecule has 0 radical (unpaired) electrons. The molecular weight excluding hydrogens is 400 g/mol. The molecule has 166 valence electrons. The Hall–Kier alpha value is -2.19. The number of hydrogen-bond acceptors (Lipinski definition) is 4. The van der Waals surface area contributed by atoms with Gasteiger partial charge in [-0.3, -0.25) is 9.48 Å². The molecule has 0 saturated carbocycles. The van der Waals surface area contributed by atoms with Crippen LogP contribution in [-0.4, -0.2) is 29.6 Å². The van der Waals surface area contributed by atoms with Crippen LogP contribution >= 0.6 is 0 Å². The van der Waals surface area contributed by atoms with Gasteiger partial charge in [-0.1, -0.05) is 32.0 Å². The number of rotatable bonds is 8. The molecule has 0 spiro atoms. The Balaban J connectivity index is 2.12. The van der Waals surface area contributed by atoms with Gasteiger partial charge in [-0.15, -0.1) is 0 Å². The Morgan fingerprint density at radius 1 is 1.17 bits per heavy atom. The number of aromatic nitrogens is 2. The molecule has 0 fully saturated rings. The number of hydrogen-bond donors (Lipinski definition) is 2. The van der Waals surface area contributed by atoms with E-state index in [-0.39, 0.29) is 23.8 Å². The summed E-state index contributed by atoms with van der Waals surface area (Å²) in [7, 11) is -3.69. The average molecular weight is 435 g/mol. The molecule has 0 aliphatic carbocycles. The van der Waals surface area contributed by atoms with E-state index in [0.29, 0.717) is 11.5 Å². The third-order valence-corrected chi connectivity index (χ3v) is 6.44. The highest BCUT2D eigenvalue weighted by Gasteiger charge is 2.24. The fourth-order valence-electron chi connectivity index (χ4n) is 3.30. The van der Waals surface area contributed by atoms with Crippen LogP contribution in [0.4, 0.5) is 0 Å². The molecule has 7 nitrogen and oxygen atoms in total. The van der Waals surface area contributed by atoms with Crippen LogP contribution in [0.25, 0.3) is 0 Å². The molecule has 8 heteroatoms. The summed E-state index contributed by atoms with van der Waals surface area (Å²) in [5.74, 6) is 0.297. The molecule has 0 unspecified atom stereocenters. The number of sulfonamides is 1. The molecule has 1 heterocycles. The number of amides is 1. The quantitative estimate of drug-likeness (QED) is 0.668. The van der Waals surface area contributed by atoms with E-state index in [9.17, 15) is 13.2 Å². The second kappa shape index (κ2) is 9.31. The SMILES string of the molecule is Cc1nn(CC(C)C)c(C)c1CC(=O)NCc1ccccc1S(=O)(=O)NC(C)(C)C. The Labute approximate surface area is 180 Å². The number of aryl methyl sites for hydroxylation is 1. The van der Waals surface area contributed by atoms with Crippen LogP contribution in [0.5, 0.6) is 0 Å². The molecule has 0 bridgehead atoms. The largest absolute Gasteiger partial charge is 0.352 e. The van der Waals surface area contributed by atoms with Crippen molar-refractivity contribution in [2.45, 2.75) is 78.4 Å². The first kappa shape index (κ1) is 24.1. The lowest BCUT2D eigenvalue weighted by Crippen LogP contribution is -2.41. The van der Waals surface area contributed by atoms with E-state index in [1.807, 2.05) is 18.5 Å². The van der Waals surface area contributed by atoms with E-state index in [1.54, 1.807) is 45.0 Å². The molecule has 1 amide bonds. The van der Waals surface area contributed by atoms with Crippen molar-refractivity contribution in [1.29, 1.82) is 0 Å². The second-order valence-electron chi connectivity index (χ2n) is 9.14. The summed E-state index contributed by atoms with van der Waals surface area (Å²) in [6, 6.07) is 6.72. The second-order valence-corrected chi connectivity index (χ2v) is 10.8. The van der Waals surface area contributed by atoms with Crippen LogP contribution in [0.2, 0.25) is 0 Å². The van der Waals surface area contributed by atoms with Crippen molar-refractivity contribution in [3.05, 3.63) is 46.8 Å². The minimum absolute atomic E-state index is 0.137. The Morgan fingerprint density at radius 3 is 2.40 bits per heavy atom. The summed E-state index contributed by atoms with van der Waals surface area (Å²) in [5.41, 5.74) is 2.71. The molecule has 2 rings (SSSR count). The van der Waals surface area contributed by atoms with Gasteiger partial charge in [0.2, 0.25) is 15.9 Å². The van der Waals surface area contributed by atoms with Gasteiger partial charge in [0, 0.05) is 29.9 Å². The van der Waals surface area contributed by atoms with Gasteiger partial charge >= 0.3 is 0 Å². The van der Waals surface area contributed by atoms with Crippen molar-refractivity contribution < 1.29 is 13.2 Å². The molecule has 0 aliphatic heterocycles. The highest BCUT2D eigenvalue weighted by molar-refractivity contribution is 7.89. The molecule has 0 aliphatic rings. The van der Waals surface area contributed by atoms with E-state index in [4.69, 9.17) is 0 Å². The van der Waals surface area contributed by atoms with Crippen molar-refractivity contribution in [2.24, 2.45) is 5.92 Å². The maximum atomic E-state index is 12.7. The molecule has 2 aromatic rings. The van der Waals surface area contributed by atoms with Crippen LogP contribution in [0.1, 0.15) is 57.1 Å². The van der Waals surface area contributed by atoms with Gasteiger partial charge in [-0.2, -0.15) is 5.10 Å². The Kier molecular flexibility index (Phi) is 7.47. The molecule has 1 aromatic heterocycles. The van der Waals surface area contributed by atoms with Gasteiger partial charge in [0.25, 0.3) is 0 Å². The minimum atomic E-state index is -3.69. The normalized spacial score (nSPS) is 12.4. The molecule has 0 saturated heterocycles. The van der Waals surface area contributed by atoms with Crippen molar-refractivity contribution in [3.8, 4) is 0 Å². The van der Waals surface area contributed by atoms with Crippen LogP contribution in [0.3, 0.4) is 0 Å². The van der Waals surface area contributed by atoms with Crippen molar-refractivity contribution in [2.75, 3.05) is 0 Å². The molecule has 30 heavy (non-hydrogen) atoms. The first-order valence-corrected chi connectivity index (χ1v) is 11.7. The van der Waals surface area contributed by atoms with Gasteiger partial charge < -0.3 is 5.32 Å². The van der Waals surface area contributed by atoms with E-state index in [2.05, 4.69) is 29.0 Å². The van der Waals surface area contributed by atoms with Crippen molar-refractivity contribution >= 4 is 15.9 Å². The number of nitrogens with one attached hydrogen (secondary N) is 2.